The van der Waals surface area contributed by atoms with E-state index < -0.39 is 6.03 Å². The number of rotatable bonds is 4. The van der Waals surface area contributed by atoms with Crippen molar-refractivity contribution >= 4 is 29.3 Å². The van der Waals surface area contributed by atoms with E-state index in [2.05, 4.69) is 15.6 Å². The van der Waals surface area contributed by atoms with Gasteiger partial charge in [0, 0.05) is 7.11 Å². The van der Waals surface area contributed by atoms with E-state index in [-0.39, 0.29) is 5.96 Å². The number of carbonyl (C=O) groups excluding carboxylic acids is 1. The number of guanidine groups is 1. The standard InChI is InChI=1S/C12H17ClN4O2/c1-8-4-3-5-9(13)10(8)16-12(18)17-11(14)15-6-7-19-2/h3-5H,6-7H2,1-2H3,(H4,14,15,16,17,18). The Morgan fingerprint density at radius 3 is 2.89 bits per heavy atom. The van der Waals surface area contributed by atoms with E-state index in [0.29, 0.717) is 23.9 Å². The zero-order chi connectivity index (χ0) is 14.3. The lowest BCUT2D eigenvalue weighted by Crippen LogP contribution is -2.40. The average molecular weight is 285 g/mol. The third-order valence-corrected chi connectivity index (χ3v) is 2.59. The zero-order valence-corrected chi connectivity index (χ0v) is 11.6. The maximum Gasteiger partial charge on any atom is 0.326 e. The molecule has 0 atom stereocenters. The first kappa shape index (κ1) is 15.3. The Labute approximate surface area is 117 Å². The third kappa shape index (κ3) is 5.15. The Bertz CT molecular complexity index is 457. The highest BCUT2D eigenvalue weighted by Crippen LogP contribution is 2.24. The molecule has 1 aromatic rings. The lowest BCUT2D eigenvalue weighted by molar-refractivity contribution is 0.208. The fourth-order valence-corrected chi connectivity index (χ4v) is 1.62. The van der Waals surface area contributed by atoms with Gasteiger partial charge in [-0.15, -0.1) is 0 Å². The summed E-state index contributed by atoms with van der Waals surface area (Å²) >= 11 is 5.99. The number of carbonyl (C=O) groups is 1. The van der Waals surface area contributed by atoms with Crippen LogP contribution in [0.2, 0.25) is 5.02 Å². The first-order chi connectivity index (χ1) is 9.04. The largest absolute Gasteiger partial charge is 0.383 e. The number of halogens is 1. The van der Waals surface area contributed by atoms with Crippen LogP contribution in [0.25, 0.3) is 0 Å². The molecule has 6 nitrogen and oxygen atoms in total. The number of anilines is 1. The van der Waals surface area contributed by atoms with Crippen LogP contribution in [0, 0.1) is 6.92 Å². The quantitative estimate of drug-likeness (QED) is 0.447. The predicted octanol–water partition coefficient (Wildman–Crippen LogP) is 1.73. The van der Waals surface area contributed by atoms with Gasteiger partial charge >= 0.3 is 6.03 Å². The normalized spacial score (nSPS) is 11.2. The van der Waals surface area contributed by atoms with Gasteiger partial charge in [0.25, 0.3) is 0 Å². The number of aliphatic imine (C=N–C) groups is 1. The Hall–Kier alpha value is -1.79. The summed E-state index contributed by atoms with van der Waals surface area (Å²) in [5.41, 5.74) is 6.94. The van der Waals surface area contributed by atoms with Gasteiger partial charge in [-0.2, -0.15) is 0 Å². The van der Waals surface area contributed by atoms with Gasteiger partial charge in [-0.1, -0.05) is 23.7 Å². The van der Waals surface area contributed by atoms with Crippen molar-refractivity contribution in [2.45, 2.75) is 6.92 Å². The van der Waals surface area contributed by atoms with Crippen LogP contribution >= 0.6 is 11.6 Å². The number of benzene rings is 1. The number of aryl methyl sites for hydroxylation is 1. The smallest absolute Gasteiger partial charge is 0.326 e. The third-order valence-electron chi connectivity index (χ3n) is 2.28. The molecule has 19 heavy (non-hydrogen) atoms. The van der Waals surface area contributed by atoms with Crippen LogP contribution in [0.1, 0.15) is 5.56 Å². The van der Waals surface area contributed by atoms with E-state index in [1.807, 2.05) is 13.0 Å². The molecule has 2 amide bonds. The Kier molecular flexibility index (Phi) is 6.11. The maximum atomic E-state index is 11.7. The van der Waals surface area contributed by atoms with E-state index in [9.17, 15) is 4.79 Å². The van der Waals surface area contributed by atoms with Crippen molar-refractivity contribution in [2.75, 3.05) is 25.6 Å². The topological polar surface area (TPSA) is 88.7 Å². The summed E-state index contributed by atoms with van der Waals surface area (Å²) < 4.78 is 4.82. The first-order valence-electron chi connectivity index (χ1n) is 5.66. The summed E-state index contributed by atoms with van der Waals surface area (Å²) in [6, 6.07) is 4.86. The van der Waals surface area contributed by atoms with Crippen molar-refractivity contribution in [3.63, 3.8) is 0 Å². The number of para-hydroxylation sites is 1. The average Bonchev–Trinajstić information content (AvgIpc) is 2.34. The molecule has 0 saturated heterocycles. The number of nitrogens with two attached hydrogens (primary N) is 1. The minimum Gasteiger partial charge on any atom is -0.383 e. The van der Waals surface area contributed by atoms with Crippen LogP contribution in [0.5, 0.6) is 0 Å². The summed E-state index contributed by atoms with van der Waals surface area (Å²) in [5.74, 6) is 0.0271. The molecule has 0 aliphatic rings. The van der Waals surface area contributed by atoms with E-state index in [1.54, 1.807) is 19.2 Å². The first-order valence-corrected chi connectivity index (χ1v) is 6.04. The molecule has 0 saturated carbocycles. The molecule has 0 unspecified atom stereocenters. The van der Waals surface area contributed by atoms with Crippen LogP contribution in [-0.4, -0.2) is 32.3 Å². The number of ether oxygens (including phenoxy) is 1. The number of amides is 2. The fourth-order valence-electron chi connectivity index (χ4n) is 1.35. The number of methoxy groups -OCH3 is 1. The summed E-state index contributed by atoms with van der Waals surface area (Å²) in [6.07, 6.45) is 0. The highest BCUT2D eigenvalue weighted by molar-refractivity contribution is 6.34. The van der Waals surface area contributed by atoms with Crippen LogP contribution < -0.4 is 16.4 Å². The Morgan fingerprint density at radius 2 is 2.26 bits per heavy atom. The minimum absolute atomic E-state index is 0.0271. The van der Waals surface area contributed by atoms with Gasteiger partial charge in [-0.05, 0) is 18.6 Å². The van der Waals surface area contributed by atoms with E-state index in [0.717, 1.165) is 5.56 Å². The summed E-state index contributed by atoms with van der Waals surface area (Å²) in [5, 5.41) is 5.49. The van der Waals surface area contributed by atoms with Gasteiger partial charge < -0.3 is 15.8 Å². The monoisotopic (exact) mass is 284 g/mol. The molecule has 0 spiro atoms. The second kappa shape index (κ2) is 7.60. The molecule has 0 bridgehead atoms. The van der Waals surface area contributed by atoms with Gasteiger partial charge in [0.1, 0.15) is 0 Å². The molecule has 1 rings (SSSR count). The number of nitrogens with one attached hydrogen (secondary N) is 2. The summed E-state index contributed by atoms with van der Waals surface area (Å²) in [7, 11) is 1.56. The fraction of sp³-hybridized carbons (Fsp3) is 0.333. The molecule has 0 aromatic heterocycles. The van der Waals surface area contributed by atoms with Gasteiger partial charge in [0.15, 0.2) is 5.96 Å². The van der Waals surface area contributed by atoms with Crippen molar-refractivity contribution in [1.82, 2.24) is 5.32 Å². The van der Waals surface area contributed by atoms with Gasteiger partial charge in [-0.25, -0.2) is 4.79 Å². The van der Waals surface area contributed by atoms with Crippen molar-refractivity contribution in [2.24, 2.45) is 10.7 Å². The SMILES string of the molecule is COCCN=C(N)NC(=O)Nc1c(C)cccc1Cl. The maximum absolute atomic E-state index is 11.7. The lowest BCUT2D eigenvalue weighted by Gasteiger charge is -2.10. The van der Waals surface area contributed by atoms with E-state index in [4.69, 9.17) is 22.1 Å². The molecule has 4 N–H and O–H groups in total. The van der Waals surface area contributed by atoms with Crippen molar-refractivity contribution in [1.29, 1.82) is 0 Å². The second-order valence-corrected chi connectivity index (χ2v) is 4.18. The zero-order valence-electron chi connectivity index (χ0n) is 10.9. The molecule has 1 aromatic carbocycles. The Balaban J connectivity index is 2.58. The highest BCUT2D eigenvalue weighted by Gasteiger charge is 2.08. The van der Waals surface area contributed by atoms with Crippen LogP contribution in [0.4, 0.5) is 10.5 Å². The van der Waals surface area contributed by atoms with Gasteiger partial charge in [0.2, 0.25) is 0 Å². The molecule has 0 aliphatic heterocycles. The second-order valence-electron chi connectivity index (χ2n) is 3.77. The lowest BCUT2D eigenvalue weighted by atomic mass is 10.2. The summed E-state index contributed by atoms with van der Waals surface area (Å²) in [4.78, 5) is 15.6. The van der Waals surface area contributed by atoms with Crippen LogP contribution in [0.3, 0.4) is 0 Å². The van der Waals surface area contributed by atoms with Crippen molar-refractivity contribution in [3.05, 3.63) is 28.8 Å². The molecule has 0 heterocycles. The van der Waals surface area contributed by atoms with Crippen molar-refractivity contribution in [3.8, 4) is 0 Å². The molecule has 7 heteroatoms. The number of hydrogen-bond donors (Lipinski definition) is 3. The number of nitrogens with zero attached hydrogens (tertiary/aromatic N) is 1. The Morgan fingerprint density at radius 1 is 1.53 bits per heavy atom. The van der Waals surface area contributed by atoms with Crippen LogP contribution in [0.15, 0.2) is 23.2 Å². The van der Waals surface area contributed by atoms with Crippen LogP contribution in [-0.2, 0) is 4.74 Å². The highest BCUT2D eigenvalue weighted by atomic mass is 35.5. The number of urea groups is 1. The number of hydrogen-bond acceptors (Lipinski definition) is 3. The van der Waals surface area contributed by atoms with Gasteiger partial charge in [0.05, 0.1) is 23.9 Å². The molecular formula is C12H17ClN4O2. The van der Waals surface area contributed by atoms with Crippen molar-refractivity contribution < 1.29 is 9.53 Å². The summed E-state index contributed by atoms with van der Waals surface area (Å²) in [6.45, 7) is 2.67. The minimum atomic E-state index is -0.491. The van der Waals surface area contributed by atoms with E-state index >= 15 is 0 Å². The molecule has 0 radical (unpaired) electrons. The van der Waals surface area contributed by atoms with E-state index in [1.165, 1.54) is 0 Å². The molecule has 0 aliphatic carbocycles. The molecule has 104 valence electrons. The molecule has 0 fully saturated rings. The predicted molar refractivity (Wildman–Crippen MR) is 76.7 cm³/mol. The van der Waals surface area contributed by atoms with Gasteiger partial charge in [-0.3, -0.25) is 10.3 Å². The molecular weight excluding hydrogens is 268 g/mol.